The average molecular weight is 1290 g/mol. The number of carboxylic acids is 1. The summed E-state index contributed by atoms with van der Waals surface area (Å²) >= 11 is 0. The van der Waals surface area contributed by atoms with Crippen molar-refractivity contribution in [2.45, 2.75) is 283 Å². The van der Waals surface area contributed by atoms with Gasteiger partial charge in [-0.1, -0.05) is 305 Å². The third kappa shape index (κ3) is 73.7. The number of quaternary nitrogens is 1. The van der Waals surface area contributed by atoms with Crippen molar-refractivity contribution in [1.29, 1.82) is 0 Å². The number of hydrogen-bond donors (Lipinski definition) is 0. The van der Waals surface area contributed by atoms with Crippen LogP contribution in [0.4, 0.5) is 0 Å². The summed E-state index contributed by atoms with van der Waals surface area (Å²) in [6, 6.07) is 0. The van der Waals surface area contributed by atoms with E-state index < -0.39 is 24.3 Å². The lowest BCUT2D eigenvalue weighted by Crippen LogP contribution is -2.44. The Balaban J connectivity index is 4.17. The van der Waals surface area contributed by atoms with Gasteiger partial charge in [0.05, 0.1) is 40.3 Å². The van der Waals surface area contributed by atoms with Crippen LogP contribution in [0.1, 0.15) is 271 Å². The van der Waals surface area contributed by atoms with E-state index in [0.717, 1.165) is 154 Å². The van der Waals surface area contributed by atoms with E-state index in [4.69, 9.17) is 18.9 Å². The van der Waals surface area contributed by atoms with Gasteiger partial charge >= 0.3 is 11.9 Å². The number of carbonyl (C=O) groups is 3. The summed E-state index contributed by atoms with van der Waals surface area (Å²) in [6.07, 6.45) is 107. The molecule has 9 nitrogen and oxygen atoms in total. The monoisotopic (exact) mass is 1290 g/mol. The van der Waals surface area contributed by atoms with Gasteiger partial charge in [0.2, 0.25) is 0 Å². The maximum Gasteiger partial charge on any atom is 0.306 e. The van der Waals surface area contributed by atoms with Crippen LogP contribution in [0.25, 0.3) is 0 Å². The molecule has 0 aliphatic carbocycles. The molecule has 0 aromatic heterocycles. The molecule has 0 saturated carbocycles. The van der Waals surface area contributed by atoms with Crippen LogP contribution in [-0.4, -0.2) is 82.3 Å². The maximum absolute atomic E-state index is 13.0. The highest BCUT2D eigenvalue weighted by atomic mass is 16.7. The summed E-state index contributed by atoms with van der Waals surface area (Å²) in [5.74, 6) is -2.31. The van der Waals surface area contributed by atoms with E-state index in [1.807, 2.05) is 21.1 Å². The van der Waals surface area contributed by atoms with E-state index in [0.29, 0.717) is 17.4 Å². The largest absolute Gasteiger partial charge is 0.545 e. The molecule has 0 aromatic carbocycles. The minimum absolute atomic E-state index is 0.137. The van der Waals surface area contributed by atoms with E-state index in [-0.39, 0.29) is 38.6 Å². The number of aliphatic carboxylic acids is 1. The van der Waals surface area contributed by atoms with Crippen LogP contribution >= 0.6 is 0 Å². The van der Waals surface area contributed by atoms with E-state index in [2.05, 4.69) is 196 Å². The fourth-order valence-electron chi connectivity index (χ4n) is 9.59. The van der Waals surface area contributed by atoms with E-state index in [9.17, 15) is 19.5 Å². The highest BCUT2D eigenvalue weighted by Crippen LogP contribution is 2.16. The number of allylic oxidation sites excluding steroid dienone is 30. The summed E-state index contributed by atoms with van der Waals surface area (Å²) in [4.78, 5) is 37.6. The van der Waals surface area contributed by atoms with Crippen molar-refractivity contribution in [3.05, 3.63) is 182 Å². The fraction of sp³-hybridized carbons (Fsp3) is 0.607. The van der Waals surface area contributed by atoms with Crippen molar-refractivity contribution in [1.82, 2.24) is 0 Å². The molecule has 2 atom stereocenters. The molecule has 0 radical (unpaired) electrons. The number of nitrogens with zero attached hydrogens (tertiary/aromatic N) is 1. The van der Waals surface area contributed by atoms with Crippen LogP contribution in [-0.2, 0) is 33.3 Å². The predicted molar refractivity (Wildman–Crippen MR) is 398 cm³/mol. The van der Waals surface area contributed by atoms with Crippen molar-refractivity contribution in [3.8, 4) is 0 Å². The lowest BCUT2D eigenvalue weighted by Gasteiger charge is -2.26. The Morgan fingerprint density at radius 1 is 0.323 bits per heavy atom. The van der Waals surface area contributed by atoms with Gasteiger partial charge in [0.15, 0.2) is 12.4 Å². The molecular formula is C84H135NO8. The zero-order valence-electron chi connectivity index (χ0n) is 59.8. The van der Waals surface area contributed by atoms with E-state index >= 15 is 0 Å². The lowest BCUT2D eigenvalue weighted by atomic mass is 10.0. The van der Waals surface area contributed by atoms with Crippen molar-refractivity contribution in [2.24, 2.45) is 0 Å². The number of carboxylic acid groups (broad SMARTS) is 1. The average Bonchev–Trinajstić information content (AvgIpc) is 3.74. The van der Waals surface area contributed by atoms with Gasteiger partial charge in [-0.2, -0.15) is 0 Å². The van der Waals surface area contributed by atoms with Gasteiger partial charge in [0, 0.05) is 12.8 Å². The van der Waals surface area contributed by atoms with Crippen LogP contribution in [0.2, 0.25) is 0 Å². The number of hydrogen-bond acceptors (Lipinski definition) is 8. The zero-order valence-corrected chi connectivity index (χ0v) is 59.8. The Morgan fingerprint density at radius 2 is 0.581 bits per heavy atom. The highest BCUT2D eigenvalue weighted by molar-refractivity contribution is 5.70. The van der Waals surface area contributed by atoms with Crippen molar-refractivity contribution < 1.29 is 42.9 Å². The first-order chi connectivity index (χ1) is 45.6. The normalized spacial score (nSPS) is 13.8. The molecule has 93 heavy (non-hydrogen) atoms. The van der Waals surface area contributed by atoms with E-state index in [1.165, 1.54) is 83.5 Å². The van der Waals surface area contributed by atoms with Gasteiger partial charge in [-0.3, -0.25) is 9.59 Å². The molecule has 0 amide bonds. The first-order valence-electron chi connectivity index (χ1n) is 36.9. The quantitative estimate of drug-likeness (QED) is 0.0195. The minimum Gasteiger partial charge on any atom is -0.545 e. The molecule has 2 unspecified atom stereocenters. The second-order valence-corrected chi connectivity index (χ2v) is 25.1. The Bertz CT molecular complexity index is 2190. The first kappa shape index (κ1) is 87.4. The molecule has 0 bridgehead atoms. The van der Waals surface area contributed by atoms with Gasteiger partial charge in [-0.05, 0) is 135 Å². The van der Waals surface area contributed by atoms with Gasteiger partial charge in [-0.15, -0.1) is 0 Å². The smallest absolute Gasteiger partial charge is 0.306 e. The third-order valence-electron chi connectivity index (χ3n) is 15.1. The molecule has 0 spiro atoms. The Hall–Kier alpha value is -5.61. The predicted octanol–water partition coefficient (Wildman–Crippen LogP) is 22.2. The maximum atomic E-state index is 13.0. The standard InChI is InChI=1S/C84H135NO8/c1-6-8-10-12-14-16-18-20-22-24-26-28-30-32-34-36-38-40-41-43-45-47-49-51-53-55-57-59-61-63-65-67-69-71-73-75-82(87)93-80(79-92-84(83(88)89)90-77-76-85(3,4)5)78-91-81(86)74-72-70-68-66-64-62-60-58-56-54-52-50-48-46-44-42-39-37-35-33-31-29-27-25-23-21-19-17-15-13-11-9-7-2/h8-11,14-17,20-23,26-29,32-35,38-40,42-43,45-46,48-49,51,80,84H,6-7,12-13,18-19,24-25,30-31,36-37,41,44,47,50,52-79H2,1-5H3/b10-8-,11-9-,16-14-,17-15-,22-20-,23-21-,28-26-,29-27-,34-32-,35-33-,40-38-,42-39-,45-43-,48-46-,51-49-. The summed E-state index contributed by atoms with van der Waals surface area (Å²) < 4.78 is 22.8. The third-order valence-corrected chi connectivity index (χ3v) is 15.1. The number of likely N-dealkylation sites (N-methyl/N-ethyl adjacent to an activating group) is 1. The number of esters is 2. The van der Waals surface area contributed by atoms with Crippen molar-refractivity contribution in [3.63, 3.8) is 0 Å². The fourth-order valence-corrected chi connectivity index (χ4v) is 9.59. The first-order valence-corrected chi connectivity index (χ1v) is 36.9. The van der Waals surface area contributed by atoms with E-state index in [1.54, 1.807) is 0 Å². The van der Waals surface area contributed by atoms with Crippen LogP contribution in [0.5, 0.6) is 0 Å². The summed E-state index contributed by atoms with van der Waals surface area (Å²) in [5, 5.41) is 11.8. The van der Waals surface area contributed by atoms with Crippen LogP contribution < -0.4 is 5.11 Å². The number of unbranched alkanes of at least 4 members (excludes halogenated alkanes) is 21. The molecule has 9 heteroatoms. The molecular weight excluding hydrogens is 1150 g/mol. The number of carbonyl (C=O) groups excluding carboxylic acids is 3. The van der Waals surface area contributed by atoms with Gasteiger partial charge in [-0.25, -0.2) is 0 Å². The van der Waals surface area contributed by atoms with Gasteiger partial charge in [0.1, 0.15) is 13.2 Å². The lowest BCUT2D eigenvalue weighted by molar-refractivity contribution is -0.870. The Kier molecular flexibility index (Phi) is 67.9. The number of ether oxygens (including phenoxy) is 4. The molecule has 524 valence electrons. The van der Waals surface area contributed by atoms with Crippen LogP contribution in [0, 0.1) is 0 Å². The summed E-state index contributed by atoms with van der Waals surface area (Å²) in [5.41, 5.74) is 0. The van der Waals surface area contributed by atoms with Crippen molar-refractivity contribution >= 4 is 17.9 Å². The summed E-state index contributed by atoms with van der Waals surface area (Å²) in [7, 11) is 5.92. The molecule has 0 aliphatic heterocycles. The second-order valence-electron chi connectivity index (χ2n) is 25.1. The minimum atomic E-state index is -1.64. The molecule has 0 fully saturated rings. The SMILES string of the molecule is CC/C=C\C/C=C\C/C=C\C/C=C\C/C=C\C/C=C\C/C=C\C/C=C\CCCCCCCCCCCCC(=O)OC(COC(=O)CCCCCCCCCCCCC/C=C\C/C=C\C/C=C\C/C=C\C/C=C\C/C=C\C/C=C\CC)COC(OCC[N+](C)(C)C)C(=O)[O-]. The summed E-state index contributed by atoms with van der Waals surface area (Å²) in [6.45, 7) is 4.50. The topological polar surface area (TPSA) is 111 Å². The van der Waals surface area contributed by atoms with Gasteiger partial charge < -0.3 is 33.3 Å². The molecule has 0 aromatic rings. The van der Waals surface area contributed by atoms with Gasteiger partial charge in [0.25, 0.3) is 0 Å². The second kappa shape index (κ2) is 72.2. The van der Waals surface area contributed by atoms with Crippen molar-refractivity contribution in [2.75, 3.05) is 47.5 Å². The molecule has 0 rings (SSSR count). The molecule has 0 aliphatic rings. The Morgan fingerprint density at radius 3 is 0.860 bits per heavy atom. The zero-order chi connectivity index (χ0) is 67.5. The number of rotatable bonds is 66. The molecule has 0 saturated heterocycles. The Labute approximate surface area is 570 Å². The van der Waals surface area contributed by atoms with Crippen LogP contribution in [0.3, 0.4) is 0 Å². The highest BCUT2D eigenvalue weighted by Gasteiger charge is 2.22. The van der Waals surface area contributed by atoms with Crippen LogP contribution in [0.15, 0.2) is 182 Å². The molecule has 0 heterocycles. The molecule has 0 N–H and O–H groups in total.